The number of halogens is 2. The van der Waals surface area contributed by atoms with Crippen molar-refractivity contribution in [3.63, 3.8) is 0 Å². The highest BCUT2D eigenvalue weighted by atomic mass is 79.9. The number of aromatic nitrogens is 3. The van der Waals surface area contributed by atoms with Gasteiger partial charge < -0.3 is 20.2 Å². The molecule has 10 heteroatoms. The lowest BCUT2D eigenvalue weighted by Crippen LogP contribution is -2.33. The maximum Gasteiger partial charge on any atom is 0.322 e. The Balaban J connectivity index is 1.43. The molecule has 2 N–H and O–H groups in total. The summed E-state index contributed by atoms with van der Waals surface area (Å²) in [7, 11) is 0. The number of carbonyl (C=O) groups excluding carboxylic acids is 1. The number of aliphatic hydroxyl groups excluding tert-OH is 1. The zero-order chi connectivity index (χ0) is 21.5. The molecule has 2 amide bonds. The van der Waals surface area contributed by atoms with Crippen molar-refractivity contribution in [2.45, 2.75) is 31.4 Å². The predicted octanol–water partition coefficient (Wildman–Crippen LogP) is 4.19. The van der Waals surface area contributed by atoms with Crippen LogP contribution in [0.25, 0.3) is 5.65 Å². The van der Waals surface area contributed by atoms with Crippen molar-refractivity contribution in [2.75, 3.05) is 29.9 Å². The van der Waals surface area contributed by atoms with Crippen LogP contribution in [0.5, 0.6) is 0 Å². The third kappa shape index (κ3) is 4.04. The number of carbonyl (C=O) groups is 1. The number of benzene rings is 1. The molecular weight excluding hydrogens is 528 g/mol. The molecule has 0 radical (unpaired) electrons. The van der Waals surface area contributed by atoms with E-state index < -0.39 is 6.10 Å². The minimum atomic E-state index is -0.455. The SMILES string of the molecule is O=C(Nc1cnn2ccc(N3CCC[C@@H]3c3cc(Br)ccc3Br)nc12)N1CC[C@H](O)C1. The van der Waals surface area contributed by atoms with E-state index in [-0.39, 0.29) is 12.1 Å². The fourth-order valence-corrected chi connectivity index (χ4v) is 5.25. The van der Waals surface area contributed by atoms with Gasteiger partial charge in [-0.1, -0.05) is 31.9 Å². The van der Waals surface area contributed by atoms with E-state index in [2.05, 4.69) is 59.3 Å². The largest absolute Gasteiger partial charge is 0.391 e. The molecule has 3 aromatic rings. The second-order valence-corrected chi connectivity index (χ2v) is 9.72. The summed E-state index contributed by atoms with van der Waals surface area (Å²) in [4.78, 5) is 21.3. The number of β-amino-alcohol motifs (C(OH)–C–C–N with tert-alkyl or cyclic N) is 1. The Morgan fingerprint density at radius 3 is 2.87 bits per heavy atom. The number of nitrogens with one attached hydrogen (secondary N) is 1. The van der Waals surface area contributed by atoms with Crippen LogP contribution in [-0.4, -0.2) is 56.4 Å². The molecule has 5 rings (SSSR count). The van der Waals surface area contributed by atoms with Gasteiger partial charge in [-0.2, -0.15) is 5.10 Å². The van der Waals surface area contributed by atoms with E-state index >= 15 is 0 Å². The highest BCUT2D eigenvalue weighted by Crippen LogP contribution is 2.39. The number of rotatable bonds is 3. The number of hydrogen-bond acceptors (Lipinski definition) is 5. The number of aliphatic hydroxyl groups is 1. The predicted molar refractivity (Wildman–Crippen MR) is 125 cm³/mol. The molecule has 4 heterocycles. The van der Waals surface area contributed by atoms with E-state index in [1.54, 1.807) is 15.6 Å². The fourth-order valence-electron chi connectivity index (χ4n) is 4.36. The summed E-state index contributed by atoms with van der Waals surface area (Å²) in [5.74, 6) is 0.856. The second kappa shape index (κ2) is 8.40. The Hall–Kier alpha value is -2.17. The number of likely N-dealkylation sites (tertiary alicyclic amines) is 1. The number of nitrogens with zero attached hydrogens (tertiary/aromatic N) is 5. The Labute approximate surface area is 196 Å². The first-order chi connectivity index (χ1) is 15.0. The topological polar surface area (TPSA) is 86.0 Å². The molecule has 31 heavy (non-hydrogen) atoms. The number of hydrogen-bond donors (Lipinski definition) is 2. The van der Waals surface area contributed by atoms with Crippen molar-refractivity contribution < 1.29 is 9.90 Å². The molecule has 1 aromatic carbocycles. The standard InChI is InChI=1S/C21H22Br2N6O2/c22-13-3-4-16(23)15(10-13)18-2-1-7-28(18)19-6-9-29-20(26-19)17(11-24-29)25-21(31)27-8-5-14(30)12-27/h3-4,6,9-11,14,18,30H,1-2,5,7-8,12H2,(H,25,31)/t14-,18+/m0/s1. The zero-order valence-electron chi connectivity index (χ0n) is 16.7. The van der Waals surface area contributed by atoms with Gasteiger partial charge in [0, 0.05) is 34.8 Å². The normalized spacial score (nSPS) is 21.3. The van der Waals surface area contributed by atoms with Gasteiger partial charge in [0.05, 0.1) is 18.3 Å². The molecule has 0 unspecified atom stereocenters. The first kappa shape index (κ1) is 20.7. The van der Waals surface area contributed by atoms with Crippen molar-refractivity contribution >= 4 is 55.0 Å². The van der Waals surface area contributed by atoms with E-state index in [1.165, 1.54) is 5.56 Å². The van der Waals surface area contributed by atoms with Gasteiger partial charge in [0.15, 0.2) is 5.65 Å². The van der Waals surface area contributed by atoms with Crippen LogP contribution in [-0.2, 0) is 0 Å². The van der Waals surface area contributed by atoms with Gasteiger partial charge in [0.25, 0.3) is 0 Å². The molecule has 0 saturated carbocycles. The van der Waals surface area contributed by atoms with Crippen molar-refractivity contribution in [1.82, 2.24) is 19.5 Å². The molecule has 0 spiro atoms. The van der Waals surface area contributed by atoms with Crippen LogP contribution in [0.2, 0.25) is 0 Å². The average Bonchev–Trinajstić information content (AvgIpc) is 3.49. The fraction of sp³-hybridized carbons (Fsp3) is 0.381. The molecule has 162 valence electrons. The van der Waals surface area contributed by atoms with E-state index in [0.717, 1.165) is 34.1 Å². The number of anilines is 2. The van der Waals surface area contributed by atoms with Crippen LogP contribution in [0.4, 0.5) is 16.3 Å². The molecule has 2 saturated heterocycles. The summed E-state index contributed by atoms with van der Waals surface area (Å²) in [5.41, 5.74) is 2.39. The molecule has 8 nitrogen and oxygen atoms in total. The second-order valence-electron chi connectivity index (χ2n) is 7.95. The lowest BCUT2D eigenvalue weighted by Gasteiger charge is -2.27. The van der Waals surface area contributed by atoms with E-state index in [9.17, 15) is 9.90 Å². The quantitative estimate of drug-likeness (QED) is 0.511. The third-order valence-corrected chi connectivity index (χ3v) is 7.13. The number of urea groups is 1. The van der Waals surface area contributed by atoms with Crippen molar-refractivity contribution in [3.8, 4) is 0 Å². The number of amides is 2. The van der Waals surface area contributed by atoms with Gasteiger partial charge in [0.1, 0.15) is 11.5 Å². The van der Waals surface area contributed by atoms with Gasteiger partial charge in [-0.25, -0.2) is 14.3 Å². The lowest BCUT2D eigenvalue weighted by molar-refractivity contribution is 0.176. The molecule has 2 aromatic heterocycles. The third-order valence-electron chi connectivity index (χ3n) is 5.91. The zero-order valence-corrected chi connectivity index (χ0v) is 19.9. The van der Waals surface area contributed by atoms with Crippen LogP contribution >= 0.6 is 31.9 Å². The molecule has 0 aliphatic carbocycles. The minimum Gasteiger partial charge on any atom is -0.391 e. The van der Waals surface area contributed by atoms with Gasteiger partial charge >= 0.3 is 6.03 Å². The summed E-state index contributed by atoms with van der Waals surface area (Å²) in [6, 6.07) is 8.18. The highest BCUT2D eigenvalue weighted by Gasteiger charge is 2.30. The highest BCUT2D eigenvalue weighted by molar-refractivity contribution is 9.11. The maximum absolute atomic E-state index is 12.6. The summed E-state index contributed by atoms with van der Waals surface area (Å²) < 4.78 is 3.80. The molecule has 2 aliphatic rings. The van der Waals surface area contributed by atoms with Gasteiger partial charge in [0.2, 0.25) is 0 Å². The lowest BCUT2D eigenvalue weighted by atomic mass is 10.0. The Kier molecular flexibility index (Phi) is 5.61. The Bertz CT molecular complexity index is 1140. The van der Waals surface area contributed by atoms with Gasteiger partial charge in [-0.3, -0.25) is 0 Å². The monoisotopic (exact) mass is 548 g/mol. The Morgan fingerprint density at radius 1 is 1.19 bits per heavy atom. The average molecular weight is 550 g/mol. The summed E-state index contributed by atoms with van der Waals surface area (Å²) >= 11 is 7.28. The van der Waals surface area contributed by atoms with Crippen LogP contribution in [0.3, 0.4) is 0 Å². The van der Waals surface area contributed by atoms with Crippen molar-refractivity contribution in [3.05, 3.63) is 51.2 Å². The van der Waals surface area contributed by atoms with E-state index in [1.807, 2.05) is 18.3 Å². The number of fused-ring (bicyclic) bond motifs is 1. The first-order valence-corrected chi connectivity index (χ1v) is 11.9. The smallest absolute Gasteiger partial charge is 0.322 e. The first-order valence-electron chi connectivity index (χ1n) is 10.3. The maximum atomic E-state index is 12.6. The molecule has 2 fully saturated rings. The summed E-state index contributed by atoms with van der Waals surface area (Å²) in [6.07, 6.45) is 5.76. The van der Waals surface area contributed by atoms with Crippen molar-refractivity contribution in [1.29, 1.82) is 0 Å². The molecule has 0 bridgehead atoms. The van der Waals surface area contributed by atoms with Crippen LogP contribution in [0, 0.1) is 0 Å². The molecular formula is C21H22Br2N6O2. The van der Waals surface area contributed by atoms with Gasteiger partial charge in [-0.15, -0.1) is 0 Å². The summed E-state index contributed by atoms with van der Waals surface area (Å²) in [6.45, 7) is 1.80. The molecule has 2 aliphatic heterocycles. The summed E-state index contributed by atoms with van der Waals surface area (Å²) in [5, 5.41) is 16.9. The van der Waals surface area contributed by atoms with Crippen LogP contribution in [0.1, 0.15) is 30.9 Å². The minimum absolute atomic E-state index is 0.217. The molecule has 2 atom stereocenters. The van der Waals surface area contributed by atoms with E-state index in [0.29, 0.717) is 30.8 Å². The Morgan fingerprint density at radius 2 is 2.06 bits per heavy atom. The van der Waals surface area contributed by atoms with Crippen LogP contribution in [0.15, 0.2) is 45.6 Å². The van der Waals surface area contributed by atoms with E-state index in [4.69, 9.17) is 4.98 Å². The van der Waals surface area contributed by atoms with Gasteiger partial charge in [-0.05, 0) is 49.1 Å². The van der Waals surface area contributed by atoms with Crippen molar-refractivity contribution in [2.24, 2.45) is 0 Å². The van der Waals surface area contributed by atoms with Crippen LogP contribution < -0.4 is 10.2 Å².